The summed E-state index contributed by atoms with van der Waals surface area (Å²) in [5.41, 5.74) is -1.51. The average Bonchev–Trinajstić information content (AvgIpc) is 2.73. The van der Waals surface area contributed by atoms with Gasteiger partial charge in [-0.25, -0.2) is 4.39 Å². The van der Waals surface area contributed by atoms with Gasteiger partial charge in [-0.05, 0) is 25.2 Å². The van der Waals surface area contributed by atoms with Crippen molar-refractivity contribution in [2.45, 2.75) is 44.7 Å². The fraction of sp³-hybridized carbons (Fsp3) is 0.750. The first-order chi connectivity index (χ1) is 6.66. The highest BCUT2D eigenvalue weighted by Crippen LogP contribution is 2.49. The molecule has 2 aliphatic carbocycles. The monoisotopic (exact) mass is 196 g/mol. The van der Waals surface area contributed by atoms with Crippen LogP contribution in [0.5, 0.6) is 0 Å². The van der Waals surface area contributed by atoms with E-state index in [1.807, 2.05) is 13.0 Å². The lowest BCUT2D eigenvalue weighted by Crippen LogP contribution is -2.37. The van der Waals surface area contributed by atoms with Crippen molar-refractivity contribution in [3.8, 4) is 0 Å². The predicted molar refractivity (Wildman–Crippen MR) is 53.7 cm³/mol. The van der Waals surface area contributed by atoms with Crippen LogP contribution in [-0.4, -0.2) is 11.5 Å². The van der Waals surface area contributed by atoms with E-state index in [4.69, 9.17) is 0 Å². The number of rotatable bonds is 4. The third kappa shape index (κ3) is 1.41. The number of hydrogen-bond acceptors (Lipinski definition) is 1. The zero-order chi connectivity index (χ0) is 10.2. The quantitative estimate of drug-likeness (QED) is 0.631. The van der Waals surface area contributed by atoms with Gasteiger partial charge in [-0.15, -0.1) is 0 Å². The number of carbonyl (C=O) groups is 1. The zero-order valence-corrected chi connectivity index (χ0v) is 8.63. The number of alkyl halides is 1. The van der Waals surface area contributed by atoms with Gasteiger partial charge < -0.3 is 0 Å². The Bertz CT molecular complexity index is 271. The maximum atomic E-state index is 14.3. The van der Waals surface area contributed by atoms with Gasteiger partial charge in [-0.3, -0.25) is 4.79 Å². The van der Waals surface area contributed by atoms with Crippen molar-refractivity contribution in [3.63, 3.8) is 0 Å². The molecule has 1 saturated carbocycles. The lowest BCUT2D eigenvalue weighted by Gasteiger charge is -2.25. The second-order valence-corrected chi connectivity index (χ2v) is 4.58. The fourth-order valence-corrected chi connectivity index (χ4v) is 2.66. The van der Waals surface area contributed by atoms with E-state index in [2.05, 4.69) is 6.08 Å². The first-order valence-corrected chi connectivity index (χ1v) is 5.57. The van der Waals surface area contributed by atoms with Crippen LogP contribution in [0, 0.1) is 11.8 Å². The summed E-state index contributed by atoms with van der Waals surface area (Å²) >= 11 is 0. The summed E-state index contributed by atoms with van der Waals surface area (Å²) in [4.78, 5) is 11.7. The fourth-order valence-electron chi connectivity index (χ4n) is 2.66. The number of hydrogen-bond donors (Lipinski definition) is 0. The van der Waals surface area contributed by atoms with Crippen LogP contribution in [0.4, 0.5) is 4.39 Å². The van der Waals surface area contributed by atoms with Crippen LogP contribution in [0.3, 0.4) is 0 Å². The molecule has 0 aliphatic heterocycles. The van der Waals surface area contributed by atoms with Crippen LogP contribution in [0.15, 0.2) is 12.2 Å². The second kappa shape index (κ2) is 3.48. The normalized spacial score (nSPS) is 39.3. The van der Waals surface area contributed by atoms with E-state index < -0.39 is 5.67 Å². The number of unbranched alkanes of at least 4 members (excludes halogenated alkanes) is 1. The maximum absolute atomic E-state index is 14.3. The number of ketones is 1. The molecule has 0 aromatic heterocycles. The summed E-state index contributed by atoms with van der Waals surface area (Å²) in [6.07, 6.45) is 7.47. The minimum Gasteiger partial charge on any atom is -0.296 e. The Kier molecular flexibility index (Phi) is 2.46. The number of fused-ring (bicyclic) bond motifs is 2. The van der Waals surface area contributed by atoms with Crippen LogP contribution < -0.4 is 0 Å². The molecule has 3 atom stereocenters. The SMILES string of the molecule is CCCCC(=O)C1(F)CC2C=CC1C2. The number of Topliss-reactive ketones (excluding diaryl/α,β-unsaturated/α-hetero) is 1. The first-order valence-electron chi connectivity index (χ1n) is 5.57. The topological polar surface area (TPSA) is 17.1 Å². The molecular formula is C12H17FO. The predicted octanol–water partition coefficient (Wildman–Crippen LogP) is 3.05. The van der Waals surface area contributed by atoms with Gasteiger partial charge >= 0.3 is 0 Å². The first kappa shape index (κ1) is 9.88. The molecular weight excluding hydrogens is 179 g/mol. The Morgan fingerprint density at radius 3 is 2.86 bits per heavy atom. The minimum atomic E-state index is -1.51. The van der Waals surface area contributed by atoms with Gasteiger partial charge in [0.15, 0.2) is 11.5 Å². The average molecular weight is 196 g/mol. The molecule has 2 heteroatoms. The highest BCUT2D eigenvalue weighted by molar-refractivity contribution is 5.88. The van der Waals surface area contributed by atoms with Crippen LogP contribution >= 0.6 is 0 Å². The molecule has 2 rings (SSSR count). The van der Waals surface area contributed by atoms with Gasteiger partial charge in [0.25, 0.3) is 0 Å². The Morgan fingerprint density at radius 2 is 2.36 bits per heavy atom. The molecule has 1 nitrogen and oxygen atoms in total. The van der Waals surface area contributed by atoms with Crippen molar-refractivity contribution < 1.29 is 9.18 Å². The lowest BCUT2D eigenvalue weighted by atomic mass is 9.84. The molecule has 2 bridgehead atoms. The van der Waals surface area contributed by atoms with E-state index in [-0.39, 0.29) is 11.7 Å². The van der Waals surface area contributed by atoms with Crippen molar-refractivity contribution in [1.29, 1.82) is 0 Å². The van der Waals surface area contributed by atoms with Gasteiger partial charge in [-0.1, -0.05) is 25.5 Å². The third-order valence-electron chi connectivity index (χ3n) is 3.54. The van der Waals surface area contributed by atoms with Crippen LogP contribution in [0.1, 0.15) is 39.0 Å². The number of carbonyl (C=O) groups excluding carboxylic acids is 1. The van der Waals surface area contributed by atoms with Crippen LogP contribution in [0.2, 0.25) is 0 Å². The highest BCUT2D eigenvalue weighted by Gasteiger charge is 2.53. The molecule has 2 aliphatic rings. The molecule has 14 heavy (non-hydrogen) atoms. The summed E-state index contributed by atoms with van der Waals surface area (Å²) in [5, 5.41) is 0. The molecule has 0 saturated heterocycles. The lowest BCUT2D eigenvalue weighted by molar-refractivity contribution is -0.132. The van der Waals surface area contributed by atoms with E-state index >= 15 is 0 Å². The van der Waals surface area contributed by atoms with Crippen molar-refractivity contribution in [2.75, 3.05) is 0 Å². The standard InChI is InChI=1S/C12H17FO/c1-2-3-4-11(14)12(13)8-9-5-6-10(12)7-9/h5-6,9-10H,2-4,7-8H2,1H3. The summed E-state index contributed by atoms with van der Waals surface area (Å²) < 4.78 is 14.3. The van der Waals surface area contributed by atoms with Crippen molar-refractivity contribution in [1.82, 2.24) is 0 Å². The van der Waals surface area contributed by atoms with Gasteiger partial charge in [0.05, 0.1) is 0 Å². The molecule has 0 radical (unpaired) electrons. The molecule has 0 aromatic rings. The number of halogens is 1. The van der Waals surface area contributed by atoms with Crippen LogP contribution in [0.25, 0.3) is 0 Å². The zero-order valence-electron chi connectivity index (χ0n) is 8.63. The molecule has 3 unspecified atom stereocenters. The van der Waals surface area contributed by atoms with Gasteiger partial charge in [0.2, 0.25) is 0 Å². The molecule has 0 N–H and O–H groups in total. The van der Waals surface area contributed by atoms with E-state index in [0.29, 0.717) is 18.8 Å². The molecule has 0 spiro atoms. The highest BCUT2D eigenvalue weighted by atomic mass is 19.1. The molecule has 1 fully saturated rings. The largest absolute Gasteiger partial charge is 0.296 e. The Morgan fingerprint density at radius 1 is 1.57 bits per heavy atom. The van der Waals surface area contributed by atoms with E-state index in [0.717, 1.165) is 19.3 Å². The summed E-state index contributed by atoms with van der Waals surface area (Å²) in [7, 11) is 0. The Balaban J connectivity index is 2.03. The van der Waals surface area contributed by atoms with Crippen LogP contribution in [-0.2, 0) is 4.79 Å². The van der Waals surface area contributed by atoms with E-state index in [1.165, 1.54) is 0 Å². The van der Waals surface area contributed by atoms with Crippen molar-refractivity contribution in [2.24, 2.45) is 11.8 Å². The van der Waals surface area contributed by atoms with Crippen molar-refractivity contribution in [3.05, 3.63) is 12.2 Å². The summed E-state index contributed by atoms with van der Waals surface area (Å²) in [5.74, 6) is 0.0589. The molecule has 0 aromatic carbocycles. The minimum absolute atomic E-state index is 0.114. The maximum Gasteiger partial charge on any atom is 0.175 e. The molecule has 0 amide bonds. The Labute approximate surface area is 84.4 Å². The second-order valence-electron chi connectivity index (χ2n) is 4.58. The van der Waals surface area contributed by atoms with E-state index in [1.54, 1.807) is 0 Å². The molecule has 78 valence electrons. The molecule has 0 heterocycles. The van der Waals surface area contributed by atoms with Gasteiger partial charge in [0.1, 0.15) is 0 Å². The summed E-state index contributed by atoms with van der Waals surface area (Å²) in [6.45, 7) is 2.03. The Hall–Kier alpha value is -0.660. The third-order valence-corrected chi connectivity index (χ3v) is 3.54. The van der Waals surface area contributed by atoms with Gasteiger partial charge in [0, 0.05) is 12.3 Å². The number of allylic oxidation sites excluding steroid dienone is 2. The van der Waals surface area contributed by atoms with Crippen molar-refractivity contribution >= 4 is 5.78 Å². The summed E-state index contributed by atoms with van der Waals surface area (Å²) in [6, 6.07) is 0. The van der Waals surface area contributed by atoms with E-state index in [9.17, 15) is 9.18 Å². The smallest absolute Gasteiger partial charge is 0.175 e. The van der Waals surface area contributed by atoms with Gasteiger partial charge in [-0.2, -0.15) is 0 Å².